The molecule has 6 nitrogen and oxygen atoms in total. The van der Waals surface area contributed by atoms with E-state index in [0.717, 1.165) is 24.5 Å². The van der Waals surface area contributed by atoms with Crippen molar-refractivity contribution in [1.82, 2.24) is 19.7 Å². The summed E-state index contributed by atoms with van der Waals surface area (Å²) >= 11 is 0. The number of halogens is 7. The van der Waals surface area contributed by atoms with Crippen molar-refractivity contribution in [1.29, 1.82) is 0 Å². The summed E-state index contributed by atoms with van der Waals surface area (Å²) in [7, 11) is 0. The van der Waals surface area contributed by atoms with Gasteiger partial charge in [-0.25, -0.2) is 19.8 Å². The molecule has 0 aliphatic heterocycles. The van der Waals surface area contributed by atoms with Crippen LogP contribution in [0.15, 0.2) is 47.7 Å². The van der Waals surface area contributed by atoms with E-state index >= 15 is 0 Å². The van der Waals surface area contributed by atoms with Crippen molar-refractivity contribution in [2.24, 2.45) is 5.10 Å². The molecule has 0 saturated carbocycles. The number of hydrogen-bond acceptors (Lipinski definition) is 5. The van der Waals surface area contributed by atoms with Gasteiger partial charge in [0.2, 0.25) is 5.95 Å². The first kappa shape index (κ1) is 21.2. The standard InChI is InChI=1S/C17H11F7N6/c18-11-3-1-10(2-4-11)13-7-14(17(22,23)24)27-15(26-13)28-25-8-12-5-6-30(29-12)9-16(19,20)21/h1-8H,9H2,(H,26,27,28). The first-order chi connectivity index (χ1) is 14.0. The molecular weight excluding hydrogens is 421 g/mol. The molecule has 13 heteroatoms. The molecule has 0 spiro atoms. The molecule has 0 amide bonds. The van der Waals surface area contributed by atoms with Crippen molar-refractivity contribution in [3.63, 3.8) is 0 Å². The maximum Gasteiger partial charge on any atom is 0.433 e. The Morgan fingerprint density at radius 2 is 1.70 bits per heavy atom. The molecule has 0 bridgehead atoms. The quantitative estimate of drug-likeness (QED) is 0.366. The van der Waals surface area contributed by atoms with Gasteiger partial charge in [-0.05, 0) is 36.4 Å². The van der Waals surface area contributed by atoms with E-state index in [4.69, 9.17) is 0 Å². The molecule has 1 N–H and O–H groups in total. The molecule has 30 heavy (non-hydrogen) atoms. The van der Waals surface area contributed by atoms with Crippen LogP contribution < -0.4 is 5.43 Å². The Bertz CT molecular complexity index is 1040. The number of rotatable bonds is 5. The van der Waals surface area contributed by atoms with Gasteiger partial charge in [-0.2, -0.15) is 36.5 Å². The van der Waals surface area contributed by atoms with Crippen LogP contribution in [0, 0.1) is 5.82 Å². The van der Waals surface area contributed by atoms with Crippen molar-refractivity contribution in [2.75, 3.05) is 5.43 Å². The zero-order valence-corrected chi connectivity index (χ0v) is 14.7. The molecule has 0 unspecified atom stereocenters. The highest BCUT2D eigenvalue weighted by atomic mass is 19.4. The summed E-state index contributed by atoms with van der Waals surface area (Å²) in [6, 6.07) is 6.55. The molecule has 2 heterocycles. The molecular formula is C17H11F7N6. The van der Waals surface area contributed by atoms with E-state index < -0.39 is 36.4 Å². The molecule has 3 rings (SSSR count). The van der Waals surface area contributed by atoms with E-state index in [1.165, 1.54) is 18.2 Å². The number of benzene rings is 1. The van der Waals surface area contributed by atoms with Crippen LogP contribution in [-0.4, -0.2) is 32.1 Å². The van der Waals surface area contributed by atoms with Crippen molar-refractivity contribution >= 4 is 12.2 Å². The van der Waals surface area contributed by atoms with Crippen LogP contribution in [0.4, 0.5) is 36.7 Å². The zero-order chi connectivity index (χ0) is 21.9. The van der Waals surface area contributed by atoms with E-state index in [1.54, 1.807) is 0 Å². The van der Waals surface area contributed by atoms with Gasteiger partial charge in [0.05, 0.1) is 11.9 Å². The lowest BCUT2D eigenvalue weighted by Crippen LogP contribution is -2.18. The van der Waals surface area contributed by atoms with Gasteiger partial charge >= 0.3 is 12.4 Å². The Morgan fingerprint density at radius 3 is 2.33 bits per heavy atom. The topological polar surface area (TPSA) is 68.0 Å². The molecule has 1 aromatic carbocycles. The van der Waals surface area contributed by atoms with Crippen LogP contribution in [0.25, 0.3) is 11.3 Å². The third kappa shape index (κ3) is 5.75. The average molecular weight is 432 g/mol. The second-order valence-corrected chi connectivity index (χ2v) is 5.89. The maximum absolute atomic E-state index is 13.1. The minimum Gasteiger partial charge on any atom is -0.263 e. The van der Waals surface area contributed by atoms with E-state index in [9.17, 15) is 30.7 Å². The van der Waals surface area contributed by atoms with Crippen LogP contribution in [-0.2, 0) is 12.7 Å². The smallest absolute Gasteiger partial charge is 0.263 e. The SMILES string of the molecule is Fc1ccc(-c2cc(C(F)(F)F)nc(NN=Cc3ccn(CC(F)(F)F)n3)n2)cc1. The number of hydrogen-bond donors (Lipinski definition) is 1. The van der Waals surface area contributed by atoms with Gasteiger partial charge in [-0.15, -0.1) is 0 Å². The molecule has 2 aromatic heterocycles. The summed E-state index contributed by atoms with van der Waals surface area (Å²) in [5, 5.41) is 7.22. The highest BCUT2D eigenvalue weighted by Gasteiger charge is 2.34. The molecule has 0 atom stereocenters. The number of nitrogens with zero attached hydrogens (tertiary/aromatic N) is 5. The summed E-state index contributed by atoms with van der Waals surface area (Å²) in [6.45, 7) is -1.30. The Balaban J connectivity index is 1.82. The van der Waals surface area contributed by atoms with Crippen LogP contribution in [0.1, 0.15) is 11.4 Å². The van der Waals surface area contributed by atoms with Gasteiger partial charge in [-0.3, -0.25) is 4.68 Å². The molecule has 0 aliphatic rings. The number of alkyl halides is 6. The second kappa shape index (κ2) is 8.08. The average Bonchev–Trinajstić information content (AvgIpc) is 3.06. The minimum atomic E-state index is -4.78. The van der Waals surface area contributed by atoms with E-state index in [2.05, 4.69) is 25.6 Å². The number of anilines is 1. The second-order valence-electron chi connectivity index (χ2n) is 5.89. The lowest BCUT2D eigenvalue weighted by atomic mass is 10.1. The normalized spacial score (nSPS) is 12.5. The van der Waals surface area contributed by atoms with Crippen molar-refractivity contribution < 1.29 is 30.7 Å². The summed E-state index contributed by atoms with van der Waals surface area (Å²) in [5.41, 5.74) is 1.03. The largest absolute Gasteiger partial charge is 0.433 e. The Kier molecular flexibility index (Phi) is 5.71. The summed E-state index contributed by atoms with van der Waals surface area (Å²) in [4.78, 5) is 7.22. The first-order valence-electron chi connectivity index (χ1n) is 8.11. The van der Waals surface area contributed by atoms with Gasteiger partial charge in [-0.1, -0.05) is 0 Å². The number of hydrazone groups is 1. The van der Waals surface area contributed by atoms with Crippen LogP contribution in [0.5, 0.6) is 0 Å². The lowest BCUT2D eigenvalue weighted by Gasteiger charge is -2.10. The van der Waals surface area contributed by atoms with Crippen LogP contribution in [0.3, 0.4) is 0 Å². The Labute approximate surface area is 164 Å². The fourth-order valence-corrected chi connectivity index (χ4v) is 2.29. The van der Waals surface area contributed by atoms with Crippen LogP contribution in [0.2, 0.25) is 0 Å². The van der Waals surface area contributed by atoms with Crippen molar-refractivity contribution in [3.05, 3.63) is 59.8 Å². The van der Waals surface area contributed by atoms with E-state index in [0.29, 0.717) is 10.7 Å². The molecule has 0 aliphatic carbocycles. The monoisotopic (exact) mass is 432 g/mol. The predicted octanol–water partition coefficient (Wildman–Crippen LogP) is 4.51. The van der Waals surface area contributed by atoms with Gasteiger partial charge in [0.1, 0.15) is 18.1 Å². The Hall–Kier alpha value is -3.51. The predicted molar refractivity (Wildman–Crippen MR) is 91.9 cm³/mol. The van der Waals surface area contributed by atoms with Crippen molar-refractivity contribution in [2.45, 2.75) is 18.9 Å². The first-order valence-corrected chi connectivity index (χ1v) is 8.11. The Morgan fingerprint density at radius 1 is 1.00 bits per heavy atom. The molecule has 3 aromatic rings. The number of aromatic nitrogens is 4. The third-order valence-corrected chi connectivity index (χ3v) is 3.52. The van der Waals surface area contributed by atoms with Gasteiger partial charge in [0.25, 0.3) is 0 Å². The fourth-order valence-electron chi connectivity index (χ4n) is 2.29. The van der Waals surface area contributed by atoms with Crippen molar-refractivity contribution in [3.8, 4) is 11.3 Å². The third-order valence-electron chi connectivity index (χ3n) is 3.52. The highest BCUT2D eigenvalue weighted by Crippen LogP contribution is 2.31. The maximum atomic E-state index is 13.1. The highest BCUT2D eigenvalue weighted by molar-refractivity contribution is 5.77. The molecule has 0 fully saturated rings. The van der Waals surface area contributed by atoms with Gasteiger partial charge < -0.3 is 0 Å². The van der Waals surface area contributed by atoms with E-state index in [1.807, 2.05) is 0 Å². The summed E-state index contributed by atoms with van der Waals surface area (Å²) in [5.74, 6) is -1.09. The summed E-state index contributed by atoms with van der Waals surface area (Å²) < 4.78 is 90.1. The lowest BCUT2D eigenvalue weighted by molar-refractivity contribution is -0.143. The minimum absolute atomic E-state index is 0.0254. The zero-order valence-electron chi connectivity index (χ0n) is 14.7. The number of nitrogens with one attached hydrogen (secondary N) is 1. The molecule has 0 radical (unpaired) electrons. The summed E-state index contributed by atoms with van der Waals surface area (Å²) in [6.07, 6.45) is -7.17. The van der Waals surface area contributed by atoms with Gasteiger partial charge in [0.15, 0.2) is 5.69 Å². The van der Waals surface area contributed by atoms with Gasteiger partial charge in [0, 0.05) is 11.8 Å². The fraction of sp³-hybridized carbons (Fsp3) is 0.176. The van der Waals surface area contributed by atoms with E-state index in [-0.39, 0.29) is 17.0 Å². The molecule has 158 valence electrons. The van der Waals surface area contributed by atoms with Crippen LogP contribution >= 0.6 is 0 Å². The molecule has 0 saturated heterocycles.